The lowest BCUT2D eigenvalue weighted by atomic mass is 9.93. The zero-order valence-corrected chi connectivity index (χ0v) is 27.4. The number of pyridine rings is 1. The van der Waals surface area contributed by atoms with Crippen LogP contribution in [0, 0.1) is 0 Å². The van der Waals surface area contributed by atoms with Crippen LogP contribution >= 0.6 is 0 Å². The molecule has 0 aliphatic carbocycles. The Morgan fingerprint density at radius 1 is 0.633 bits per heavy atom. The molecule has 4 aromatic heterocycles. The van der Waals surface area contributed by atoms with Crippen molar-refractivity contribution < 1.29 is 9.30 Å². The number of ether oxygens (including phenoxy) is 1. The second-order valence-electron chi connectivity index (χ2n) is 13.4. The van der Waals surface area contributed by atoms with Gasteiger partial charge in [-0.3, -0.25) is 4.57 Å². The first-order valence-corrected chi connectivity index (χ1v) is 16.4. The maximum atomic E-state index is 6.58. The average molecular weight is 638 g/mol. The molecule has 0 aliphatic heterocycles. The van der Waals surface area contributed by atoms with Crippen LogP contribution in [0.5, 0.6) is 11.5 Å². The van der Waals surface area contributed by atoms with Crippen LogP contribution in [0.2, 0.25) is 0 Å². The molecule has 236 valence electrons. The van der Waals surface area contributed by atoms with Crippen molar-refractivity contribution in [2.45, 2.75) is 26.2 Å². The third-order valence-electron chi connectivity index (χ3n) is 9.05. The SMILES string of the molecule is CC(C)(C)c1cnc2c(n1)[n+](-c1ccccc1)cn2-c1cccc(Oc2ccc3c4ccccc4n(-c4cc5ccccc5cn4)c3c2)c1. The van der Waals surface area contributed by atoms with Crippen molar-refractivity contribution in [1.82, 2.24) is 24.1 Å². The number of para-hydroxylation sites is 2. The third-order valence-corrected chi connectivity index (χ3v) is 9.05. The fourth-order valence-electron chi connectivity index (χ4n) is 6.55. The van der Waals surface area contributed by atoms with Gasteiger partial charge < -0.3 is 4.74 Å². The Morgan fingerprint density at radius 2 is 1.39 bits per heavy atom. The molecule has 0 saturated heterocycles. The number of rotatable bonds is 5. The molecule has 0 bridgehead atoms. The van der Waals surface area contributed by atoms with Gasteiger partial charge in [-0.2, -0.15) is 4.57 Å². The summed E-state index contributed by atoms with van der Waals surface area (Å²) in [6.45, 7) is 6.47. The predicted molar refractivity (Wildman–Crippen MR) is 195 cm³/mol. The van der Waals surface area contributed by atoms with E-state index >= 15 is 0 Å². The van der Waals surface area contributed by atoms with Crippen molar-refractivity contribution in [3.63, 3.8) is 0 Å². The second kappa shape index (κ2) is 11.1. The van der Waals surface area contributed by atoms with E-state index in [-0.39, 0.29) is 5.41 Å². The van der Waals surface area contributed by atoms with Gasteiger partial charge in [0.25, 0.3) is 5.65 Å². The Labute approximate surface area is 283 Å². The lowest BCUT2D eigenvalue weighted by molar-refractivity contribution is -0.570. The average Bonchev–Trinajstić information content (AvgIpc) is 3.67. The molecular weight excluding hydrogens is 605 g/mol. The molecule has 0 aliphatic rings. The van der Waals surface area contributed by atoms with Gasteiger partial charge in [-0.15, -0.1) is 4.98 Å². The van der Waals surface area contributed by atoms with E-state index in [4.69, 9.17) is 19.7 Å². The minimum absolute atomic E-state index is 0.136. The van der Waals surface area contributed by atoms with Crippen LogP contribution in [0.1, 0.15) is 26.5 Å². The van der Waals surface area contributed by atoms with Crippen LogP contribution in [0.4, 0.5) is 0 Å². The Hall–Kier alpha value is -6.34. The van der Waals surface area contributed by atoms with Crippen LogP contribution in [-0.2, 0) is 5.41 Å². The topological polar surface area (TPSA) is 61.6 Å². The minimum Gasteiger partial charge on any atom is -0.457 e. The predicted octanol–water partition coefficient (Wildman–Crippen LogP) is 9.43. The summed E-state index contributed by atoms with van der Waals surface area (Å²) in [5.41, 5.74) is 6.43. The number of aromatic nitrogens is 6. The molecule has 0 spiro atoms. The molecule has 9 rings (SSSR count). The summed E-state index contributed by atoms with van der Waals surface area (Å²) in [7, 11) is 0. The fraction of sp³-hybridized carbons (Fsp3) is 0.0952. The zero-order valence-electron chi connectivity index (χ0n) is 27.4. The van der Waals surface area contributed by atoms with E-state index in [2.05, 4.69) is 113 Å². The zero-order chi connectivity index (χ0) is 33.1. The number of fused-ring (bicyclic) bond motifs is 5. The van der Waals surface area contributed by atoms with Gasteiger partial charge in [-0.05, 0) is 53.9 Å². The molecule has 0 radical (unpaired) electrons. The Balaban J connectivity index is 1.14. The molecule has 0 atom stereocenters. The van der Waals surface area contributed by atoms with E-state index in [0.717, 1.165) is 72.9 Å². The van der Waals surface area contributed by atoms with Crippen LogP contribution < -0.4 is 9.30 Å². The van der Waals surface area contributed by atoms with Gasteiger partial charge in [0.15, 0.2) is 0 Å². The van der Waals surface area contributed by atoms with Gasteiger partial charge >= 0.3 is 5.65 Å². The summed E-state index contributed by atoms with van der Waals surface area (Å²) in [5, 5.41) is 4.57. The first kappa shape index (κ1) is 28.8. The molecule has 5 aromatic carbocycles. The summed E-state index contributed by atoms with van der Waals surface area (Å²) in [4.78, 5) is 14.9. The Morgan fingerprint density at radius 3 is 2.24 bits per heavy atom. The molecule has 4 heterocycles. The standard InChI is InChI=1S/C42H33N6O/c1-42(2,3)38-26-44-40-41(45-38)46(30-14-5-4-6-15-30)27-47(40)31-16-11-17-32(23-31)49-33-20-21-35-34-18-9-10-19-36(34)48(37(35)24-33)39-22-28-12-7-8-13-29(28)25-43-39/h4-27H,1-3H3/q+1. The van der Waals surface area contributed by atoms with Crippen LogP contribution in [0.15, 0.2) is 146 Å². The quantitative estimate of drug-likeness (QED) is 0.176. The number of nitrogens with zero attached hydrogens (tertiary/aromatic N) is 6. The van der Waals surface area contributed by atoms with Gasteiger partial charge in [0.2, 0.25) is 6.33 Å². The van der Waals surface area contributed by atoms with Crippen LogP contribution in [0.25, 0.3) is 61.1 Å². The van der Waals surface area contributed by atoms with Crippen molar-refractivity contribution >= 4 is 43.9 Å². The second-order valence-corrected chi connectivity index (χ2v) is 13.4. The van der Waals surface area contributed by atoms with E-state index < -0.39 is 0 Å². The van der Waals surface area contributed by atoms with Crippen LogP contribution in [-0.4, -0.2) is 24.1 Å². The van der Waals surface area contributed by atoms with Gasteiger partial charge in [0, 0.05) is 39.9 Å². The molecule has 0 amide bonds. The van der Waals surface area contributed by atoms with Crippen molar-refractivity contribution in [2.24, 2.45) is 0 Å². The number of imidazole rings is 1. The Bertz CT molecular complexity index is 2680. The van der Waals surface area contributed by atoms with Gasteiger partial charge in [0.05, 0.1) is 17.2 Å². The van der Waals surface area contributed by atoms with E-state index in [9.17, 15) is 0 Å². The fourth-order valence-corrected chi connectivity index (χ4v) is 6.55. The highest BCUT2D eigenvalue weighted by Gasteiger charge is 2.26. The molecular formula is C42H33N6O+. The third kappa shape index (κ3) is 4.98. The summed E-state index contributed by atoms with van der Waals surface area (Å²) < 4.78 is 13.0. The highest BCUT2D eigenvalue weighted by Crippen LogP contribution is 2.36. The number of benzene rings is 5. The van der Waals surface area contributed by atoms with Crippen molar-refractivity contribution in [1.29, 1.82) is 0 Å². The van der Waals surface area contributed by atoms with Gasteiger partial charge in [0.1, 0.15) is 34.4 Å². The summed E-state index contributed by atoms with van der Waals surface area (Å²) >= 11 is 0. The highest BCUT2D eigenvalue weighted by molar-refractivity contribution is 6.09. The molecule has 9 aromatic rings. The van der Waals surface area contributed by atoms with Crippen molar-refractivity contribution in [3.8, 4) is 28.7 Å². The molecule has 7 heteroatoms. The van der Waals surface area contributed by atoms with Crippen molar-refractivity contribution in [3.05, 3.63) is 152 Å². The summed E-state index contributed by atoms with van der Waals surface area (Å²) in [5.74, 6) is 2.32. The minimum atomic E-state index is -0.136. The van der Waals surface area contributed by atoms with E-state index in [0.29, 0.717) is 0 Å². The first-order valence-electron chi connectivity index (χ1n) is 16.4. The highest BCUT2D eigenvalue weighted by atomic mass is 16.5. The van der Waals surface area contributed by atoms with Crippen molar-refractivity contribution in [2.75, 3.05) is 0 Å². The van der Waals surface area contributed by atoms with E-state index in [1.165, 1.54) is 5.39 Å². The van der Waals surface area contributed by atoms with E-state index in [1.54, 1.807) is 0 Å². The molecule has 49 heavy (non-hydrogen) atoms. The lowest BCUT2D eigenvalue weighted by Gasteiger charge is -2.13. The molecule has 0 saturated carbocycles. The van der Waals surface area contributed by atoms with Gasteiger partial charge in [-0.1, -0.05) is 87.5 Å². The monoisotopic (exact) mass is 637 g/mol. The normalized spacial score (nSPS) is 12.0. The Kier molecular flexibility index (Phi) is 6.55. The molecule has 0 N–H and O–H groups in total. The molecule has 7 nitrogen and oxygen atoms in total. The molecule has 0 unspecified atom stereocenters. The number of hydrogen-bond donors (Lipinski definition) is 0. The maximum Gasteiger partial charge on any atom is 0.327 e. The largest absolute Gasteiger partial charge is 0.457 e. The summed E-state index contributed by atoms with van der Waals surface area (Å²) in [6, 6.07) is 43.5. The van der Waals surface area contributed by atoms with E-state index in [1.807, 2.05) is 67.3 Å². The number of hydrogen-bond acceptors (Lipinski definition) is 4. The van der Waals surface area contributed by atoms with Gasteiger partial charge in [-0.25, -0.2) is 14.5 Å². The van der Waals surface area contributed by atoms with Crippen LogP contribution in [0.3, 0.4) is 0 Å². The summed E-state index contributed by atoms with van der Waals surface area (Å²) in [6.07, 6.45) is 5.87. The first-order chi connectivity index (χ1) is 23.9. The lowest BCUT2D eigenvalue weighted by Crippen LogP contribution is -2.30. The maximum absolute atomic E-state index is 6.58. The molecule has 0 fully saturated rings. The smallest absolute Gasteiger partial charge is 0.327 e.